The van der Waals surface area contributed by atoms with Crippen molar-refractivity contribution >= 4 is 16.9 Å². The maximum Gasteiger partial charge on any atom is 0.302 e. The second-order valence-electron chi connectivity index (χ2n) is 7.81. The molecule has 1 aliphatic heterocycles. The first-order valence-electron chi connectivity index (χ1n) is 10.4. The quantitative estimate of drug-likeness (QED) is 0.519. The zero-order valence-electron chi connectivity index (χ0n) is 17.7. The fourth-order valence-electron chi connectivity index (χ4n) is 3.88. The van der Waals surface area contributed by atoms with Crippen molar-refractivity contribution in [2.75, 3.05) is 26.3 Å². The molecule has 4 rings (SSSR count). The lowest BCUT2D eigenvalue weighted by atomic mass is 10.1. The van der Waals surface area contributed by atoms with Gasteiger partial charge in [-0.25, -0.2) is 18.2 Å². The molecule has 1 amide bonds. The Labute approximate surface area is 186 Å². The minimum Gasteiger partial charge on any atom is -0.380 e. The summed E-state index contributed by atoms with van der Waals surface area (Å²) in [6.45, 7) is 1.27. The molecule has 0 unspecified atom stereocenters. The molecular weight excluding hydrogens is 447 g/mol. The standard InChI is InChI=1S/C22H21F5N4O2/c1-22(26,27)21-29-19-16(31(21)12-17(24)25)5-6-28-18(19)13-3-4-14(15(23)11-13)20(32)30-7-2-9-33-10-8-30/h3-6,11,17H,2,7-10,12H2,1H3. The number of hydrogen-bond donors (Lipinski definition) is 0. The molecule has 1 aromatic carbocycles. The van der Waals surface area contributed by atoms with Crippen LogP contribution in [0.25, 0.3) is 22.3 Å². The number of hydrogen-bond acceptors (Lipinski definition) is 4. The molecular formula is C22H21F5N4O2. The van der Waals surface area contributed by atoms with Crippen LogP contribution in [0.3, 0.4) is 0 Å². The van der Waals surface area contributed by atoms with Crippen LogP contribution >= 0.6 is 0 Å². The van der Waals surface area contributed by atoms with Gasteiger partial charge in [0.25, 0.3) is 12.3 Å². The van der Waals surface area contributed by atoms with Crippen LogP contribution in [0.2, 0.25) is 0 Å². The van der Waals surface area contributed by atoms with E-state index < -0.39 is 36.4 Å². The van der Waals surface area contributed by atoms with Crippen LogP contribution in [0.15, 0.2) is 30.5 Å². The van der Waals surface area contributed by atoms with Crippen molar-refractivity contribution in [2.45, 2.75) is 32.2 Å². The Morgan fingerprint density at radius 3 is 2.70 bits per heavy atom. The van der Waals surface area contributed by atoms with Gasteiger partial charge in [0.2, 0.25) is 0 Å². The van der Waals surface area contributed by atoms with Gasteiger partial charge in [0.15, 0.2) is 5.82 Å². The number of ether oxygens (including phenoxy) is 1. The number of benzene rings is 1. The first-order chi connectivity index (χ1) is 15.7. The van der Waals surface area contributed by atoms with E-state index in [0.717, 1.165) is 10.6 Å². The van der Waals surface area contributed by atoms with Gasteiger partial charge in [-0.2, -0.15) is 8.78 Å². The van der Waals surface area contributed by atoms with Gasteiger partial charge in [0.05, 0.1) is 29.9 Å². The minimum absolute atomic E-state index is 0.0296. The zero-order valence-corrected chi connectivity index (χ0v) is 17.7. The van der Waals surface area contributed by atoms with Crippen LogP contribution < -0.4 is 0 Å². The molecule has 0 spiro atoms. The van der Waals surface area contributed by atoms with Gasteiger partial charge >= 0.3 is 5.92 Å². The van der Waals surface area contributed by atoms with Crippen LogP contribution in [0.1, 0.15) is 29.5 Å². The lowest BCUT2D eigenvalue weighted by Crippen LogP contribution is -2.33. The molecule has 0 bridgehead atoms. The first kappa shape index (κ1) is 23.1. The van der Waals surface area contributed by atoms with Crippen molar-refractivity contribution in [1.82, 2.24) is 19.4 Å². The van der Waals surface area contributed by atoms with E-state index in [0.29, 0.717) is 39.6 Å². The van der Waals surface area contributed by atoms with Gasteiger partial charge in [-0.1, -0.05) is 6.07 Å². The van der Waals surface area contributed by atoms with Crippen molar-refractivity contribution < 1.29 is 31.5 Å². The summed E-state index contributed by atoms with van der Waals surface area (Å²) in [6, 6.07) is 5.10. The van der Waals surface area contributed by atoms with E-state index in [1.54, 1.807) is 0 Å². The van der Waals surface area contributed by atoms with Gasteiger partial charge in [0.1, 0.15) is 11.3 Å². The number of carbonyl (C=O) groups excluding carboxylic acids is 1. The Bertz CT molecular complexity index is 1170. The predicted molar refractivity (Wildman–Crippen MR) is 110 cm³/mol. The molecule has 1 saturated heterocycles. The molecule has 0 saturated carbocycles. The summed E-state index contributed by atoms with van der Waals surface area (Å²) in [7, 11) is 0. The number of halogens is 5. The molecule has 1 fully saturated rings. The number of fused-ring (bicyclic) bond motifs is 1. The number of carbonyl (C=O) groups is 1. The minimum atomic E-state index is -3.48. The number of alkyl halides is 4. The van der Waals surface area contributed by atoms with E-state index in [1.807, 2.05) is 0 Å². The molecule has 0 radical (unpaired) electrons. The predicted octanol–water partition coefficient (Wildman–Crippen LogP) is 4.48. The Morgan fingerprint density at radius 2 is 2.00 bits per heavy atom. The molecule has 1 aliphatic rings. The van der Waals surface area contributed by atoms with Crippen LogP contribution in [0, 0.1) is 5.82 Å². The topological polar surface area (TPSA) is 60.3 Å². The number of aromatic nitrogens is 3. The van der Waals surface area contributed by atoms with E-state index >= 15 is 0 Å². The van der Waals surface area contributed by atoms with Crippen molar-refractivity contribution in [2.24, 2.45) is 0 Å². The maximum atomic E-state index is 14.9. The lowest BCUT2D eigenvalue weighted by Gasteiger charge is -2.20. The Kier molecular flexibility index (Phi) is 6.33. The van der Waals surface area contributed by atoms with Gasteiger partial charge in [-0.05, 0) is 24.6 Å². The normalized spacial score (nSPS) is 15.3. The summed E-state index contributed by atoms with van der Waals surface area (Å²) in [5.41, 5.74) is 0.0604. The van der Waals surface area contributed by atoms with Gasteiger partial charge in [-0.15, -0.1) is 0 Å². The van der Waals surface area contributed by atoms with Crippen molar-refractivity contribution in [3.63, 3.8) is 0 Å². The number of nitrogens with zero attached hydrogens (tertiary/aromatic N) is 4. The summed E-state index contributed by atoms with van der Waals surface area (Å²) in [6.07, 6.45) is -0.983. The molecule has 33 heavy (non-hydrogen) atoms. The molecule has 0 aliphatic carbocycles. The average Bonchev–Trinajstić information content (AvgIpc) is 2.94. The largest absolute Gasteiger partial charge is 0.380 e. The molecule has 176 valence electrons. The fraction of sp³-hybridized carbons (Fsp3) is 0.409. The average molecular weight is 468 g/mol. The molecule has 6 nitrogen and oxygen atoms in total. The molecule has 3 heterocycles. The third kappa shape index (κ3) is 4.68. The lowest BCUT2D eigenvalue weighted by molar-refractivity contribution is 0.00166. The van der Waals surface area contributed by atoms with Gasteiger partial charge < -0.3 is 14.2 Å². The van der Waals surface area contributed by atoms with Crippen LogP contribution in [0.5, 0.6) is 0 Å². The molecule has 11 heteroatoms. The number of imidazole rings is 1. The SMILES string of the molecule is CC(F)(F)c1nc2c(-c3ccc(C(=O)N4CCCOCC4)c(F)c3)nccc2n1CC(F)F. The summed E-state index contributed by atoms with van der Waals surface area (Å²) in [5.74, 6) is -5.61. The third-order valence-electron chi connectivity index (χ3n) is 5.36. The summed E-state index contributed by atoms with van der Waals surface area (Å²) >= 11 is 0. The highest BCUT2D eigenvalue weighted by Gasteiger charge is 2.33. The number of rotatable bonds is 5. The first-order valence-corrected chi connectivity index (χ1v) is 10.4. The van der Waals surface area contributed by atoms with E-state index in [2.05, 4.69) is 9.97 Å². The molecule has 2 aromatic heterocycles. The Balaban J connectivity index is 1.75. The second-order valence-corrected chi connectivity index (χ2v) is 7.81. The zero-order chi connectivity index (χ0) is 23.8. The van der Waals surface area contributed by atoms with Crippen LogP contribution in [-0.4, -0.2) is 58.1 Å². The Hall–Kier alpha value is -3.08. The smallest absolute Gasteiger partial charge is 0.302 e. The van der Waals surface area contributed by atoms with Crippen LogP contribution in [0.4, 0.5) is 22.0 Å². The van der Waals surface area contributed by atoms with Crippen molar-refractivity contribution in [3.05, 3.63) is 47.7 Å². The van der Waals surface area contributed by atoms with E-state index in [-0.39, 0.29) is 27.9 Å². The molecule has 0 atom stereocenters. The van der Waals surface area contributed by atoms with Crippen LogP contribution in [-0.2, 0) is 17.2 Å². The van der Waals surface area contributed by atoms with E-state index in [1.165, 1.54) is 29.3 Å². The summed E-state index contributed by atoms with van der Waals surface area (Å²) < 4.78 is 75.3. The van der Waals surface area contributed by atoms with E-state index in [9.17, 15) is 26.7 Å². The fourth-order valence-corrected chi connectivity index (χ4v) is 3.88. The van der Waals surface area contributed by atoms with Gasteiger partial charge in [-0.3, -0.25) is 9.78 Å². The summed E-state index contributed by atoms with van der Waals surface area (Å²) in [4.78, 5) is 22.3. The highest BCUT2D eigenvalue weighted by molar-refractivity contribution is 5.96. The summed E-state index contributed by atoms with van der Waals surface area (Å²) in [5, 5.41) is 0. The number of amides is 1. The maximum absolute atomic E-state index is 14.9. The number of pyridine rings is 1. The van der Waals surface area contributed by atoms with Crippen molar-refractivity contribution in [3.8, 4) is 11.3 Å². The highest BCUT2D eigenvalue weighted by Crippen LogP contribution is 2.34. The monoisotopic (exact) mass is 468 g/mol. The highest BCUT2D eigenvalue weighted by atomic mass is 19.3. The Morgan fingerprint density at radius 1 is 1.21 bits per heavy atom. The van der Waals surface area contributed by atoms with Crippen molar-refractivity contribution in [1.29, 1.82) is 0 Å². The molecule has 0 N–H and O–H groups in total. The van der Waals surface area contributed by atoms with Gasteiger partial charge in [0, 0.05) is 38.4 Å². The van der Waals surface area contributed by atoms with E-state index in [4.69, 9.17) is 4.74 Å². The second kappa shape index (κ2) is 9.05. The third-order valence-corrected chi connectivity index (χ3v) is 5.36. The molecule has 3 aromatic rings.